The summed E-state index contributed by atoms with van der Waals surface area (Å²) in [6, 6.07) is -1.31. The van der Waals surface area contributed by atoms with E-state index in [1.807, 2.05) is 0 Å². The maximum atomic E-state index is 12.7. The van der Waals surface area contributed by atoms with Gasteiger partial charge in [-0.05, 0) is 19.3 Å². The van der Waals surface area contributed by atoms with Crippen molar-refractivity contribution in [3.63, 3.8) is 0 Å². The van der Waals surface area contributed by atoms with E-state index < -0.39 is 45.2 Å². The molecule has 1 heterocycles. The SMILES string of the molecule is O=C(OCC(=O)N(C1CCCCC1)C1CCS(=O)(=O)C1)C1CC1[N+](=O)[O-]. The molecule has 9 nitrogen and oxygen atoms in total. The summed E-state index contributed by atoms with van der Waals surface area (Å²) in [6.07, 6.45) is 5.27. The average molecular weight is 388 g/mol. The molecule has 1 aliphatic heterocycles. The molecule has 146 valence electrons. The Morgan fingerprint density at radius 3 is 2.35 bits per heavy atom. The lowest BCUT2D eigenvalue weighted by Gasteiger charge is -2.38. The predicted octanol–water partition coefficient (Wildman–Crippen LogP) is 0.543. The van der Waals surface area contributed by atoms with E-state index in [0.717, 1.165) is 32.1 Å². The number of hydrogen-bond donors (Lipinski definition) is 0. The van der Waals surface area contributed by atoms with Gasteiger partial charge in [0.05, 0.1) is 11.5 Å². The third kappa shape index (κ3) is 4.33. The van der Waals surface area contributed by atoms with E-state index in [9.17, 15) is 28.1 Å². The van der Waals surface area contributed by atoms with Gasteiger partial charge in [-0.3, -0.25) is 19.7 Å². The Bertz CT molecular complexity index is 687. The van der Waals surface area contributed by atoms with E-state index in [2.05, 4.69) is 0 Å². The molecule has 1 amide bonds. The van der Waals surface area contributed by atoms with E-state index >= 15 is 0 Å². The van der Waals surface area contributed by atoms with E-state index in [1.54, 1.807) is 4.90 Å². The molecule has 3 rings (SSSR count). The molecule has 10 heteroatoms. The van der Waals surface area contributed by atoms with Gasteiger partial charge in [0.25, 0.3) is 5.91 Å². The Kier molecular flexibility index (Phi) is 5.50. The molecule has 3 unspecified atom stereocenters. The van der Waals surface area contributed by atoms with Gasteiger partial charge < -0.3 is 9.64 Å². The highest BCUT2D eigenvalue weighted by molar-refractivity contribution is 7.91. The van der Waals surface area contributed by atoms with Crippen LogP contribution in [0.25, 0.3) is 0 Å². The Labute approximate surface area is 152 Å². The van der Waals surface area contributed by atoms with Crippen LogP contribution in [-0.4, -0.2) is 66.4 Å². The molecule has 2 aliphatic carbocycles. The minimum atomic E-state index is -3.14. The number of nitro groups is 1. The molecule has 0 spiro atoms. The summed E-state index contributed by atoms with van der Waals surface area (Å²) in [4.78, 5) is 36.3. The Balaban J connectivity index is 1.61. The van der Waals surface area contributed by atoms with Gasteiger partial charge in [-0.25, -0.2) is 8.42 Å². The van der Waals surface area contributed by atoms with Gasteiger partial charge in [-0.2, -0.15) is 0 Å². The lowest BCUT2D eigenvalue weighted by Crippen LogP contribution is -2.50. The third-order valence-corrected chi connectivity index (χ3v) is 7.28. The highest BCUT2D eigenvalue weighted by Gasteiger charge is 2.54. The quantitative estimate of drug-likeness (QED) is 0.369. The first-order valence-electron chi connectivity index (χ1n) is 9.10. The van der Waals surface area contributed by atoms with E-state index in [0.29, 0.717) is 6.42 Å². The molecule has 0 aromatic heterocycles. The normalized spacial score (nSPS) is 30.5. The standard InChI is InChI=1S/C16H24N2O7S/c19-15(9-25-16(20)13-8-14(13)18(21)22)17(11-4-2-1-3-5-11)12-6-7-26(23,24)10-12/h11-14H,1-10H2. The number of carbonyl (C=O) groups is 2. The second-order valence-corrected chi connectivity index (χ2v) is 9.68. The minimum Gasteiger partial charge on any atom is -0.455 e. The first-order chi connectivity index (χ1) is 12.3. The highest BCUT2D eigenvalue weighted by Crippen LogP contribution is 2.34. The number of carbonyl (C=O) groups excluding carboxylic acids is 2. The molecule has 3 fully saturated rings. The topological polar surface area (TPSA) is 124 Å². The van der Waals surface area contributed by atoms with Crippen molar-refractivity contribution in [2.45, 2.75) is 63.1 Å². The summed E-state index contributed by atoms with van der Waals surface area (Å²) < 4.78 is 28.7. The van der Waals surface area contributed by atoms with Gasteiger partial charge in [0.1, 0.15) is 5.92 Å². The van der Waals surface area contributed by atoms with Crippen LogP contribution in [0.1, 0.15) is 44.9 Å². The monoisotopic (exact) mass is 388 g/mol. The van der Waals surface area contributed by atoms with Gasteiger partial charge in [0.2, 0.25) is 6.04 Å². The smallest absolute Gasteiger partial charge is 0.316 e. The molecule has 26 heavy (non-hydrogen) atoms. The van der Waals surface area contributed by atoms with Gasteiger partial charge in [-0.1, -0.05) is 19.3 Å². The third-order valence-electron chi connectivity index (χ3n) is 5.53. The van der Waals surface area contributed by atoms with Crippen molar-refractivity contribution >= 4 is 21.7 Å². The zero-order valence-electron chi connectivity index (χ0n) is 14.5. The molecule has 0 aromatic rings. The molecule has 3 aliphatic rings. The predicted molar refractivity (Wildman–Crippen MR) is 90.6 cm³/mol. The molecular formula is C16H24N2O7S. The van der Waals surface area contributed by atoms with Crippen molar-refractivity contribution in [1.29, 1.82) is 0 Å². The summed E-state index contributed by atoms with van der Waals surface area (Å²) in [6.45, 7) is -0.479. The van der Waals surface area contributed by atoms with Crippen LogP contribution in [0.3, 0.4) is 0 Å². The largest absolute Gasteiger partial charge is 0.455 e. The molecule has 1 saturated heterocycles. The number of ether oxygens (including phenoxy) is 1. The van der Waals surface area contributed by atoms with Gasteiger partial charge in [0.15, 0.2) is 16.4 Å². The van der Waals surface area contributed by atoms with Crippen LogP contribution in [0.15, 0.2) is 0 Å². The van der Waals surface area contributed by atoms with Crippen LogP contribution < -0.4 is 0 Å². The van der Waals surface area contributed by atoms with Crippen molar-refractivity contribution in [2.75, 3.05) is 18.1 Å². The molecule has 3 atom stereocenters. The Morgan fingerprint density at radius 1 is 1.12 bits per heavy atom. The van der Waals surface area contributed by atoms with Crippen LogP contribution in [0, 0.1) is 16.0 Å². The van der Waals surface area contributed by atoms with Gasteiger partial charge in [0, 0.05) is 23.4 Å². The van der Waals surface area contributed by atoms with E-state index in [1.165, 1.54) is 0 Å². The maximum Gasteiger partial charge on any atom is 0.316 e. The number of esters is 1. The molecule has 2 saturated carbocycles. The van der Waals surface area contributed by atoms with Gasteiger partial charge >= 0.3 is 5.97 Å². The lowest BCUT2D eigenvalue weighted by atomic mass is 9.93. The summed E-state index contributed by atoms with van der Waals surface area (Å²) >= 11 is 0. The zero-order chi connectivity index (χ0) is 18.9. The minimum absolute atomic E-state index is 0.0271. The summed E-state index contributed by atoms with van der Waals surface area (Å²) in [7, 11) is -3.14. The summed E-state index contributed by atoms with van der Waals surface area (Å²) in [5, 5.41) is 10.6. The fourth-order valence-corrected chi connectivity index (χ4v) is 5.75. The molecule has 0 bridgehead atoms. The zero-order valence-corrected chi connectivity index (χ0v) is 15.4. The van der Waals surface area contributed by atoms with E-state index in [-0.39, 0.29) is 30.0 Å². The summed E-state index contributed by atoms with van der Waals surface area (Å²) in [5.74, 6) is -1.86. The fraction of sp³-hybridized carbons (Fsp3) is 0.875. The van der Waals surface area contributed by atoms with Crippen LogP contribution >= 0.6 is 0 Å². The molecule has 0 radical (unpaired) electrons. The van der Waals surface area contributed by atoms with Crippen LogP contribution in [0.2, 0.25) is 0 Å². The maximum absolute atomic E-state index is 12.7. The van der Waals surface area contributed by atoms with Crippen molar-refractivity contribution < 1.29 is 27.7 Å². The van der Waals surface area contributed by atoms with Crippen molar-refractivity contribution in [1.82, 2.24) is 4.90 Å². The van der Waals surface area contributed by atoms with Crippen molar-refractivity contribution in [2.24, 2.45) is 5.92 Å². The molecular weight excluding hydrogens is 364 g/mol. The van der Waals surface area contributed by atoms with Gasteiger partial charge in [-0.15, -0.1) is 0 Å². The molecule has 0 aromatic carbocycles. The number of sulfone groups is 1. The number of hydrogen-bond acceptors (Lipinski definition) is 7. The number of rotatable bonds is 6. The van der Waals surface area contributed by atoms with Crippen molar-refractivity contribution in [3.05, 3.63) is 10.1 Å². The number of nitrogens with zero attached hydrogens (tertiary/aromatic N) is 2. The lowest BCUT2D eigenvalue weighted by molar-refractivity contribution is -0.497. The summed E-state index contributed by atoms with van der Waals surface area (Å²) in [5.41, 5.74) is 0. The van der Waals surface area contributed by atoms with Crippen molar-refractivity contribution in [3.8, 4) is 0 Å². The Morgan fingerprint density at radius 2 is 1.81 bits per heavy atom. The first kappa shape index (κ1) is 19.1. The van der Waals surface area contributed by atoms with Crippen LogP contribution in [0.5, 0.6) is 0 Å². The second kappa shape index (κ2) is 7.50. The van der Waals surface area contributed by atoms with Crippen LogP contribution in [0.4, 0.5) is 0 Å². The second-order valence-electron chi connectivity index (χ2n) is 7.45. The Hall–Kier alpha value is -1.71. The molecule has 0 N–H and O–H groups in total. The average Bonchev–Trinajstić information content (AvgIpc) is 3.33. The number of amides is 1. The first-order valence-corrected chi connectivity index (χ1v) is 10.9. The highest BCUT2D eigenvalue weighted by atomic mass is 32.2. The fourth-order valence-electron chi connectivity index (χ4n) is 4.04. The van der Waals surface area contributed by atoms with Crippen LogP contribution in [-0.2, 0) is 24.2 Å². The van der Waals surface area contributed by atoms with E-state index in [4.69, 9.17) is 4.74 Å².